The lowest BCUT2D eigenvalue weighted by molar-refractivity contribution is -0.274. The molecule has 4 aromatic carbocycles. The minimum atomic E-state index is -4.83. The number of rotatable bonds is 11. The Bertz CT molecular complexity index is 1980. The van der Waals surface area contributed by atoms with E-state index < -0.39 is 36.2 Å². The van der Waals surface area contributed by atoms with E-state index in [1.807, 2.05) is 77.7 Å². The fourth-order valence-electron chi connectivity index (χ4n) is 8.86. The molecule has 0 aromatic heterocycles. The third kappa shape index (κ3) is 9.61. The standard InChI is InChI=1S/C46H52F3NO6/c1-31-9-8-23-44(2)42(22-24-45(44,55)30-50(28-36(53)29-51)27-32-15-19-37(20-16-32)56-46(47,48)49)39-21-17-33(25-35(52)18-14-31)26-41(39)43(54)40-13-7-6-12-38(40)34-10-4-3-5-11-34/h3-7,9-13,15-17,19-21,26,35-36,42,51-53,55H,8,14,18,22-25,27-30H2,1-2H3. The van der Waals surface area contributed by atoms with Crippen LogP contribution in [0.1, 0.15) is 90.9 Å². The number of carbonyl (C=O) groups is 1. The molecule has 56 heavy (non-hydrogen) atoms. The summed E-state index contributed by atoms with van der Waals surface area (Å²) in [5, 5.41) is 44.5. The minimum Gasteiger partial charge on any atom is -0.406 e. The SMILES string of the molecule is CC1=CCCC2(C)C(CCC2(O)CN(Cc2ccc(OC(F)(F)F)cc2)CC(O)CO)c2ccc(cc2C(=O)c2ccccc2-c2ccccc2)CC(O)CC1. The number of nitrogens with zero attached hydrogens (tertiary/aromatic N) is 1. The van der Waals surface area contributed by atoms with Gasteiger partial charge in [0.1, 0.15) is 5.75 Å². The summed E-state index contributed by atoms with van der Waals surface area (Å²) in [5.74, 6) is -0.746. The highest BCUT2D eigenvalue weighted by atomic mass is 19.4. The van der Waals surface area contributed by atoms with Crippen LogP contribution in [0, 0.1) is 5.41 Å². The van der Waals surface area contributed by atoms with E-state index in [0.29, 0.717) is 61.6 Å². The predicted molar refractivity (Wildman–Crippen MR) is 210 cm³/mol. The molecular formula is C46H52F3NO6. The van der Waals surface area contributed by atoms with Gasteiger partial charge in [-0.05, 0) is 104 Å². The molecule has 10 heteroatoms. The zero-order valence-electron chi connectivity index (χ0n) is 32.0. The van der Waals surface area contributed by atoms with Crippen molar-refractivity contribution in [3.63, 3.8) is 0 Å². The Kier molecular flexibility index (Phi) is 12.9. The summed E-state index contributed by atoms with van der Waals surface area (Å²) < 4.78 is 42.6. The van der Waals surface area contributed by atoms with Gasteiger partial charge in [0, 0.05) is 36.2 Å². The maximum absolute atomic E-state index is 14.9. The second-order valence-electron chi connectivity index (χ2n) is 15.9. The van der Waals surface area contributed by atoms with E-state index in [1.165, 1.54) is 24.3 Å². The van der Waals surface area contributed by atoms with E-state index in [9.17, 15) is 38.4 Å². The van der Waals surface area contributed by atoms with Crippen LogP contribution in [0.3, 0.4) is 0 Å². The van der Waals surface area contributed by atoms with Gasteiger partial charge in [0.15, 0.2) is 5.78 Å². The van der Waals surface area contributed by atoms with Crippen molar-refractivity contribution in [3.8, 4) is 16.9 Å². The number of allylic oxidation sites excluding steroid dienone is 2. The molecule has 7 nitrogen and oxygen atoms in total. The van der Waals surface area contributed by atoms with E-state index >= 15 is 0 Å². The number of carbonyl (C=O) groups excluding carboxylic acids is 1. The van der Waals surface area contributed by atoms with Crippen molar-refractivity contribution >= 4 is 5.78 Å². The van der Waals surface area contributed by atoms with Gasteiger partial charge in [-0.3, -0.25) is 9.69 Å². The van der Waals surface area contributed by atoms with Crippen molar-refractivity contribution in [2.24, 2.45) is 5.41 Å². The number of hydrogen-bond donors (Lipinski definition) is 4. The molecule has 2 bridgehead atoms. The average Bonchev–Trinajstić information content (AvgIpc) is 3.42. The number of fused-ring (bicyclic) bond motifs is 8. The summed E-state index contributed by atoms with van der Waals surface area (Å²) >= 11 is 0. The van der Waals surface area contributed by atoms with Crippen LogP contribution >= 0.6 is 0 Å². The lowest BCUT2D eigenvalue weighted by Crippen LogP contribution is -2.53. The number of halogens is 3. The van der Waals surface area contributed by atoms with E-state index in [0.717, 1.165) is 27.8 Å². The normalized spacial score (nSPS) is 23.6. The Balaban J connectivity index is 1.41. The second-order valence-corrected chi connectivity index (χ2v) is 15.9. The molecule has 0 amide bonds. The molecule has 1 fully saturated rings. The summed E-state index contributed by atoms with van der Waals surface area (Å²) in [4.78, 5) is 16.8. The maximum atomic E-state index is 14.9. The highest BCUT2D eigenvalue weighted by molar-refractivity contribution is 6.13. The molecule has 4 N–H and O–H groups in total. The fraction of sp³-hybridized carbons (Fsp3) is 0.413. The van der Waals surface area contributed by atoms with Crippen molar-refractivity contribution in [1.82, 2.24) is 4.90 Å². The van der Waals surface area contributed by atoms with Crippen LogP contribution in [0.15, 0.2) is 109 Å². The van der Waals surface area contributed by atoms with Crippen molar-refractivity contribution in [3.05, 3.63) is 137 Å². The number of alkyl halides is 3. The minimum absolute atomic E-state index is 0.0103. The van der Waals surface area contributed by atoms with Crippen LogP contribution < -0.4 is 4.74 Å². The van der Waals surface area contributed by atoms with Gasteiger partial charge >= 0.3 is 6.36 Å². The predicted octanol–water partition coefficient (Wildman–Crippen LogP) is 8.38. The molecule has 3 aliphatic rings. The first-order valence-corrected chi connectivity index (χ1v) is 19.4. The van der Waals surface area contributed by atoms with Gasteiger partial charge in [0.2, 0.25) is 0 Å². The van der Waals surface area contributed by atoms with Crippen molar-refractivity contribution in [2.75, 3.05) is 19.7 Å². The van der Waals surface area contributed by atoms with Crippen molar-refractivity contribution < 1.29 is 43.1 Å². The molecule has 0 saturated heterocycles. The molecule has 298 valence electrons. The molecule has 5 unspecified atom stereocenters. The van der Waals surface area contributed by atoms with Gasteiger partial charge < -0.3 is 25.2 Å². The molecule has 0 radical (unpaired) electrons. The van der Waals surface area contributed by atoms with Gasteiger partial charge in [-0.25, -0.2) is 0 Å². The van der Waals surface area contributed by atoms with Crippen molar-refractivity contribution in [1.29, 1.82) is 0 Å². The van der Waals surface area contributed by atoms with Crippen LogP contribution in [-0.2, 0) is 13.0 Å². The molecular weight excluding hydrogens is 720 g/mol. The molecule has 0 spiro atoms. The average molecular weight is 772 g/mol. The third-order valence-electron chi connectivity index (χ3n) is 11.9. The topological polar surface area (TPSA) is 110 Å². The number of aliphatic hydroxyl groups excluding tert-OH is 3. The van der Waals surface area contributed by atoms with Crippen LogP contribution in [-0.4, -0.2) is 75.0 Å². The molecule has 0 heterocycles. The number of ketones is 1. The monoisotopic (exact) mass is 771 g/mol. The smallest absolute Gasteiger partial charge is 0.406 e. The number of ether oxygens (including phenoxy) is 1. The van der Waals surface area contributed by atoms with Crippen LogP contribution in [0.5, 0.6) is 5.75 Å². The van der Waals surface area contributed by atoms with E-state index in [4.69, 9.17) is 0 Å². The summed E-state index contributed by atoms with van der Waals surface area (Å²) in [6.45, 7) is 3.92. The first kappa shape index (κ1) is 41.3. The quantitative estimate of drug-likeness (QED) is 0.0897. The Morgan fingerprint density at radius 3 is 2.38 bits per heavy atom. The lowest BCUT2D eigenvalue weighted by atomic mass is 9.64. The highest BCUT2D eigenvalue weighted by Gasteiger charge is 2.57. The zero-order chi connectivity index (χ0) is 40.1. The Morgan fingerprint density at radius 2 is 1.66 bits per heavy atom. The first-order chi connectivity index (χ1) is 26.7. The molecule has 5 atom stereocenters. The fourth-order valence-corrected chi connectivity index (χ4v) is 8.86. The van der Waals surface area contributed by atoms with Crippen LogP contribution in [0.25, 0.3) is 11.1 Å². The van der Waals surface area contributed by atoms with Gasteiger partial charge in [0.05, 0.1) is 24.4 Å². The zero-order valence-corrected chi connectivity index (χ0v) is 32.0. The van der Waals surface area contributed by atoms with Gasteiger partial charge in [0.25, 0.3) is 0 Å². The van der Waals surface area contributed by atoms with Gasteiger partial charge in [-0.15, -0.1) is 13.2 Å². The first-order valence-electron chi connectivity index (χ1n) is 19.4. The van der Waals surface area contributed by atoms with Gasteiger partial charge in [-0.1, -0.05) is 97.4 Å². The largest absolute Gasteiger partial charge is 0.573 e. The molecule has 1 saturated carbocycles. The Hall–Kier alpha value is -4.32. The summed E-state index contributed by atoms with van der Waals surface area (Å²) in [6.07, 6.45) is -0.517. The summed E-state index contributed by atoms with van der Waals surface area (Å²) in [7, 11) is 0. The molecule has 3 aliphatic carbocycles. The molecule has 4 aromatic rings. The Morgan fingerprint density at radius 1 is 0.946 bits per heavy atom. The lowest BCUT2D eigenvalue weighted by Gasteiger charge is -2.46. The summed E-state index contributed by atoms with van der Waals surface area (Å²) in [5.41, 5.74) is 4.18. The molecule has 0 aliphatic heterocycles. The molecule has 7 rings (SSSR count). The van der Waals surface area contributed by atoms with Crippen molar-refractivity contribution in [2.45, 2.75) is 95.4 Å². The number of hydrogen-bond acceptors (Lipinski definition) is 7. The number of aliphatic hydroxyl groups is 4. The summed E-state index contributed by atoms with van der Waals surface area (Å²) in [6, 6.07) is 28.7. The van der Waals surface area contributed by atoms with Crippen LogP contribution in [0.2, 0.25) is 0 Å². The van der Waals surface area contributed by atoms with E-state index in [1.54, 1.807) is 0 Å². The maximum Gasteiger partial charge on any atom is 0.573 e. The Labute approximate surface area is 327 Å². The van der Waals surface area contributed by atoms with E-state index in [-0.39, 0.29) is 37.1 Å². The second kappa shape index (κ2) is 17.4. The number of benzene rings is 4. The van der Waals surface area contributed by atoms with E-state index in [2.05, 4.69) is 24.7 Å². The van der Waals surface area contributed by atoms with Crippen LogP contribution in [0.4, 0.5) is 13.2 Å². The highest BCUT2D eigenvalue weighted by Crippen LogP contribution is 2.59. The van der Waals surface area contributed by atoms with Gasteiger partial charge in [-0.2, -0.15) is 0 Å². The third-order valence-corrected chi connectivity index (χ3v) is 11.9.